The maximum atomic E-state index is 11.5. The van der Waals surface area contributed by atoms with Gasteiger partial charge in [0.05, 0.1) is 17.7 Å². The zero-order valence-electron chi connectivity index (χ0n) is 11.7. The summed E-state index contributed by atoms with van der Waals surface area (Å²) in [5.41, 5.74) is 0.376. The zero-order valence-corrected chi connectivity index (χ0v) is 11.7. The van der Waals surface area contributed by atoms with E-state index in [0.29, 0.717) is 0 Å². The summed E-state index contributed by atoms with van der Waals surface area (Å²) in [7, 11) is 0. The fourth-order valence-electron chi connectivity index (χ4n) is 2.90. The van der Waals surface area contributed by atoms with E-state index in [1.165, 1.54) is 0 Å². The number of aliphatic carboxylic acids is 1. The molecule has 19 heavy (non-hydrogen) atoms. The number of rotatable bonds is 5. The summed E-state index contributed by atoms with van der Waals surface area (Å²) in [6, 6.07) is 1.94. The molecule has 1 aliphatic rings. The molecule has 0 atom stereocenters. The lowest BCUT2D eigenvalue weighted by Gasteiger charge is -2.38. The lowest BCUT2D eigenvalue weighted by Crippen LogP contribution is -2.44. The first kappa shape index (κ1) is 14.1. The van der Waals surface area contributed by atoms with Crippen LogP contribution in [0.4, 0.5) is 0 Å². The highest BCUT2D eigenvalue weighted by molar-refractivity contribution is 5.74. The molecule has 0 amide bonds. The highest BCUT2D eigenvalue weighted by Crippen LogP contribution is 2.36. The third kappa shape index (κ3) is 3.15. The van der Waals surface area contributed by atoms with Gasteiger partial charge >= 0.3 is 5.97 Å². The molecule has 0 bridgehead atoms. The van der Waals surface area contributed by atoms with E-state index in [9.17, 15) is 9.90 Å². The first-order valence-electron chi connectivity index (χ1n) is 6.94. The van der Waals surface area contributed by atoms with Gasteiger partial charge in [-0.3, -0.25) is 9.69 Å². The highest BCUT2D eigenvalue weighted by Gasteiger charge is 2.40. The molecule has 106 valence electrons. The monoisotopic (exact) mass is 266 g/mol. The number of carbonyl (C=O) groups is 1. The summed E-state index contributed by atoms with van der Waals surface area (Å²) in [6.45, 7) is 6.30. The molecule has 0 saturated carbocycles. The third-order valence-corrected chi connectivity index (χ3v) is 4.05. The van der Waals surface area contributed by atoms with Crippen molar-refractivity contribution in [2.45, 2.75) is 46.1 Å². The van der Waals surface area contributed by atoms with Gasteiger partial charge in [-0.1, -0.05) is 18.5 Å². The van der Waals surface area contributed by atoms with Gasteiger partial charge in [-0.15, -0.1) is 0 Å². The van der Waals surface area contributed by atoms with Gasteiger partial charge in [-0.2, -0.15) is 0 Å². The zero-order chi connectivity index (χ0) is 13.9. The van der Waals surface area contributed by atoms with Crippen molar-refractivity contribution in [2.75, 3.05) is 13.1 Å². The van der Waals surface area contributed by atoms with Crippen molar-refractivity contribution in [1.82, 2.24) is 10.1 Å². The molecule has 1 aliphatic heterocycles. The third-order valence-electron chi connectivity index (χ3n) is 4.05. The molecule has 1 N–H and O–H groups in total. The van der Waals surface area contributed by atoms with Crippen molar-refractivity contribution in [3.8, 4) is 0 Å². The summed E-state index contributed by atoms with van der Waals surface area (Å²) in [6.07, 6.45) is 3.15. The average Bonchev–Trinajstić information content (AvgIpc) is 2.77. The molecule has 5 heteroatoms. The predicted molar refractivity (Wildman–Crippen MR) is 70.7 cm³/mol. The van der Waals surface area contributed by atoms with Crippen LogP contribution in [0.25, 0.3) is 0 Å². The molecular weight excluding hydrogens is 244 g/mol. The molecule has 0 aliphatic carbocycles. The SMILES string of the molecule is CCCC1(C(=O)O)CCN(Cc2cc(C)no2)CC1. The Hall–Kier alpha value is -1.36. The standard InChI is InChI=1S/C14H22N2O3/c1-3-4-14(13(17)18)5-7-16(8-6-14)10-12-9-11(2)15-19-12/h9H,3-8,10H2,1-2H3,(H,17,18). The average molecular weight is 266 g/mol. The maximum Gasteiger partial charge on any atom is 0.309 e. The molecular formula is C14H22N2O3. The number of nitrogens with zero attached hydrogens (tertiary/aromatic N) is 2. The summed E-state index contributed by atoms with van der Waals surface area (Å²) in [4.78, 5) is 13.7. The molecule has 2 rings (SSSR count). The topological polar surface area (TPSA) is 66.6 Å². The van der Waals surface area contributed by atoms with E-state index in [2.05, 4.69) is 10.1 Å². The molecule has 0 unspecified atom stereocenters. The van der Waals surface area contributed by atoms with Gasteiger partial charge in [0.1, 0.15) is 0 Å². The first-order valence-corrected chi connectivity index (χ1v) is 6.94. The van der Waals surface area contributed by atoms with Gasteiger partial charge in [-0.05, 0) is 39.3 Å². The van der Waals surface area contributed by atoms with Gasteiger partial charge < -0.3 is 9.63 Å². The Labute approximate surface area is 113 Å². The number of hydrogen-bond donors (Lipinski definition) is 1. The number of piperidine rings is 1. The second-order valence-electron chi connectivity index (χ2n) is 5.55. The van der Waals surface area contributed by atoms with E-state index in [0.717, 1.165) is 56.8 Å². The molecule has 2 heterocycles. The number of aromatic nitrogens is 1. The van der Waals surface area contributed by atoms with Crippen LogP contribution in [0, 0.1) is 12.3 Å². The Morgan fingerprint density at radius 2 is 2.21 bits per heavy atom. The van der Waals surface area contributed by atoms with Crippen molar-refractivity contribution in [3.05, 3.63) is 17.5 Å². The predicted octanol–water partition coefficient (Wildman–Crippen LogP) is 2.45. The molecule has 5 nitrogen and oxygen atoms in total. The molecule has 0 aromatic carbocycles. The quantitative estimate of drug-likeness (QED) is 0.886. The van der Waals surface area contributed by atoms with Crippen LogP contribution < -0.4 is 0 Å². The fraction of sp³-hybridized carbons (Fsp3) is 0.714. The van der Waals surface area contributed by atoms with E-state index in [1.54, 1.807) is 0 Å². The molecule has 1 aromatic heterocycles. The van der Waals surface area contributed by atoms with Crippen LogP contribution in [-0.4, -0.2) is 34.2 Å². The van der Waals surface area contributed by atoms with Crippen LogP contribution in [0.3, 0.4) is 0 Å². The number of carboxylic acids is 1. The summed E-state index contributed by atoms with van der Waals surface area (Å²) >= 11 is 0. The van der Waals surface area contributed by atoms with E-state index in [1.807, 2.05) is 19.9 Å². The van der Waals surface area contributed by atoms with Crippen LogP contribution in [0.2, 0.25) is 0 Å². The van der Waals surface area contributed by atoms with Crippen LogP contribution in [0.1, 0.15) is 44.1 Å². The molecule has 0 spiro atoms. The van der Waals surface area contributed by atoms with Crippen molar-refractivity contribution in [1.29, 1.82) is 0 Å². The first-order chi connectivity index (χ1) is 9.05. The minimum absolute atomic E-state index is 0.511. The number of carboxylic acid groups (broad SMARTS) is 1. The van der Waals surface area contributed by atoms with Gasteiger partial charge in [0.15, 0.2) is 5.76 Å². The van der Waals surface area contributed by atoms with Crippen molar-refractivity contribution < 1.29 is 14.4 Å². The van der Waals surface area contributed by atoms with Gasteiger partial charge in [0.2, 0.25) is 0 Å². The lowest BCUT2D eigenvalue weighted by molar-refractivity contribution is -0.152. The summed E-state index contributed by atoms with van der Waals surface area (Å²) < 4.78 is 5.21. The van der Waals surface area contributed by atoms with Crippen LogP contribution >= 0.6 is 0 Å². The molecule has 0 radical (unpaired) electrons. The normalized spacial score (nSPS) is 19.5. The fourth-order valence-corrected chi connectivity index (χ4v) is 2.90. The number of aryl methyl sites for hydroxylation is 1. The summed E-state index contributed by atoms with van der Waals surface area (Å²) in [5, 5.41) is 13.3. The number of likely N-dealkylation sites (tertiary alicyclic amines) is 1. The van der Waals surface area contributed by atoms with E-state index in [4.69, 9.17) is 4.52 Å². The maximum absolute atomic E-state index is 11.5. The van der Waals surface area contributed by atoms with E-state index >= 15 is 0 Å². The second kappa shape index (κ2) is 5.74. The molecule has 1 aromatic rings. The minimum atomic E-state index is -0.635. The Morgan fingerprint density at radius 3 is 2.68 bits per heavy atom. The summed E-state index contributed by atoms with van der Waals surface area (Å²) in [5.74, 6) is 0.223. The van der Waals surface area contributed by atoms with E-state index < -0.39 is 11.4 Å². The Morgan fingerprint density at radius 1 is 1.53 bits per heavy atom. The number of hydrogen-bond acceptors (Lipinski definition) is 4. The molecule has 1 fully saturated rings. The van der Waals surface area contributed by atoms with Gasteiger partial charge in [0.25, 0.3) is 0 Å². The van der Waals surface area contributed by atoms with Gasteiger partial charge in [0, 0.05) is 6.07 Å². The van der Waals surface area contributed by atoms with Crippen LogP contribution in [0.15, 0.2) is 10.6 Å². The van der Waals surface area contributed by atoms with E-state index in [-0.39, 0.29) is 0 Å². The van der Waals surface area contributed by atoms with Crippen molar-refractivity contribution >= 4 is 5.97 Å². The Kier molecular flexibility index (Phi) is 4.24. The Bertz CT molecular complexity index is 434. The highest BCUT2D eigenvalue weighted by atomic mass is 16.5. The molecule has 1 saturated heterocycles. The Balaban J connectivity index is 1.92. The van der Waals surface area contributed by atoms with Crippen molar-refractivity contribution in [3.63, 3.8) is 0 Å². The largest absolute Gasteiger partial charge is 0.481 e. The van der Waals surface area contributed by atoms with Crippen LogP contribution in [0.5, 0.6) is 0 Å². The van der Waals surface area contributed by atoms with Crippen molar-refractivity contribution in [2.24, 2.45) is 5.41 Å². The minimum Gasteiger partial charge on any atom is -0.481 e. The van der Waals surface area contributed by atoms with Crippen LogP contribution in [-0.2, 0) is 11.3 Å². The van der Waals surface area contributed by atoms with Gasteiger partial charge in [-0.25, -0.2) is 0 Å². The lowest BCUT2D eigenvalue weighted by atomic mass is 9.75. The smallest absolute Gasteiger partial charge is 0.309 e. The second-order valence-corrected chi connectivity index (χ2v) is 5.55.